The molecule has 0 atom stereocenters. The fourth-order valence-electron chi connectivity index (χ4n) is 1.77. The van der Waals surface area contributed by atoms with E-state index < -0.39 is 11.9 Å². The van der Waals surface area contributed by atoms with Crippen molar-refractivity contribution in [2.45, 2.75) is 12.6 Å². The zero-order valence-corrected chi connectivity index (χ0v) is 12.3. The summed E-state index contributed by atoms with van der Waals surface area (Å²) in [6, 6.07) is 5.91. The summed E-state index contributed by atoms with van der Waals surface area (Å²) in [4.78, 5) is 12.6. The lowest BCUT2D eigenvalue weighted by molar-refractivity contribution is -0.143. The molecule has 2 rings (SSSR count). The third kappa shape index (κ3) is 3.46. The molecular weight excluding hydrogens is 317 g/mol. The maximum absolute atomic E-state index is 12.7. The van der Waals surface area contributed by atoms with Crippen molar-refractivity contribution in [2.75, 3.05) is 6.54 Å². The van der Waals surface area contributed by atoms with E-state index in [1.54, 1.807) is 6.07 Å². The highest BCUT2D eigenvalue weighted by Gasteiger charge is 2.35. The van der Waals surface area contributed by atoms with E-state index in [1.165, 1.54) is 13.1 Å². The van der Waals surface area contributed by atoms with Crippen LogP contribution in [0, 0.1) is 11.3 Å². The third-order valence-electron chi connectivity index (χ3n) is 2.77. The summed E-state index contributed by atoms with van der Waals surface area (Å²) in [5, 5.41) is 14.8. The molecule has 2 aromatic rings. The smallest absolute Gasteiger partial charge is 0.350 e. The van der Waals surface area contributed by atoms with E-state index >= 15 is 0 Å². The van der Waals surface area contributed by atoms with Gasteiger partial charge in [0.2, 0.25) is 0 Å². The molecule has 0 aliphatic carbocycles. The minimum Gasteiger partial charge on any atom is -0.350 e. The second kappa shape index (κ2) is 6.19. The average Bonchev–Trinajstić information content (AvgIpc) is 3.04. The molecule has 116 valence electrons. The van der Waals surface area contributed by atoms with Gasteiger partial charge in [-0.25, -0.2) is 0 Å². The summed E-state index contributed by atoms with van der Waals surface area (Å²) in [6.45, 7) is 0.227. The molecule has 0 unspecified atom stereocenters. The molecule has 5 nitrogen and oxygen atoms in total. The Balaban J connectivity index is 2.19. The van der Waals surface area contributed by atoms with Crippen molar-refractivity contribution >= 4 is 17.2 Å². The normalized spacial score (nSPS) is 11.2. The first-order valence-corrected chi connectivity index (χ1v) is 7.01. The molecule has 0 spiro atoms. The van der Waals surface area contributed by atoms with Crippen LogP contribution < -0.4 is 5.32 Å². The number of aryl methyl sites for hydroxylation is 1. The van der Waals surface area contributed by atoms with Crippen molar-refractivity contribution in [1.82, 2.24) is 15.1 Å². The van der Waals surface area contributed by atoms with Crippen LogP contribution in [0.25, 0.3) is 10.6 Å². The van der Waals surface area contributed by atoms with Gasteiger partial charge in [0.05, 0.1) is 22.2 Å². The van der Waals surface area contributed by atoms with Crippen LogP contribution in [0.1, 0.15) is 21.8 Å². The van der Waals surface area contributed by atoms with Gasteiger partial charge in [0.25, 0.3) is 5.91 Å². The van der Waals surface area contributed by atoms with Crippen LogP contribution in [-0.2, 0) is 13.2 Å². The summed E-state index contributed by atoms with van der Waals surface area (Å²) < 4.78 is 39.0. The van der Waals surface area contributed by atoms with Crippen LogP contribution in [0.5, 0.6) is 0 Å². The summed E-state index contributed by atoms with van der Waals surface area (Å²) in [5.74, 6) is -0.363. The Morgan fingerprint density at radius 1 is 1.50 bits per heavy atom. The van der Waals surface area contributed by atoms with Crippen LogP contribution in [0.4, 0.5) is 13.2 Å². The number of carbonyl (C=O) groups is 1. The van der Waals surface area contributed by atoms with Crippen molar-refractivity contribution in [3.63, 3.8) is 0 Å². The number of nitrogens with zero attached hydrogens (tertiary/aromatic N) is 3. The predicted octanol–water partition coefficient (Wildman–Crippen LogP) is 2.81. The topological polar surface area (TPSA) is 70.7 Å². The lowest BCUT2D eigenvalue weighted by atomic mass is 10.3. The number of aromatic nitrogens is 2. The highest BCUT2D eigenvalue weighted by molar-refractivity contribution is 7.17. The first-order chi connectivity index (χ1) is 10.3. The summed E-state index contributed by atoms with van der Waals surface area (Å²) >= 11 is 1.05. The van der Waals surface area contributed by atoms with Gasteiger partial charge in [0.15, 0.2) is 0 Å². The fourth-order valence-corrected chi connectivity index (χ4v) is 2.65. The molecule has 2 aromatic heterocycles. The lowest BCUT2D eigenvalue weighted by Gasteiger charge is -2.04. The molecule has 0 fully saturated rings. The van der Waals surface area contributed by atoms with Gasteiger partial charge in [-0.05, 0) is 18.2 Å². The Bertz CT molecular complexity index is 726. The molecule has 0 aliphatic heterocycles. The number of rotatable bonds is 4. The number of amides is 1. The number of nitrogens with one attached hydrogen (secondary N) is 1. The van der Waals surface area contributed by atoms with E-state index in [4.69, 9.17) is 5.26 Å². The lowest BCUT2D eigenvalue weighted by Crippen LogP contribution is -2.23. The van der Waals surface area contributed by atoms with Crippen molar-refractivity contribution in [3.05, 3.63) is 28.8 Å². The average molecular weight is 328 g/mol. The van der Waals surface area contributed by atoms with E-state index in [2.05, 4.69) is 10.4 Å². The van der Waals surface area contributed by atoms with E-state index in [0.717, 1.165) is 22.1 Å². The molecule has 2 heterocycles. The van der Waals surface area contributed by atoms with Crippen LogP contribution in [0.2, 0.25) is 0 Å². The van der Waals surface area contributed by atoms with Gasteiger partial charge in [-0.15, -0.1) is 11.3 Å². The van der Waals surface area contributed by atoms with Crippen LogP contribution in [0.3, 0.4) is 0 Å². The van der Waals surface area contributed by atoms with Crippen molar-refractivity contribution < 1.29 is 18.0 Å². The number of hydrogen-bond donors (Lipinski definition) is 1. The maximum Gasteiger partial charge on any atom is 0.433 e. The van der Waals surface area contributed by atoms with Gasteiger partial charge in [-0.3, -0.25) is 9.48 Å². The van der Waals surface area contributed by atoms with Crippen molar-refractivity contribution in [1.29, 1.82) is 5.26 Å². The Hall–Kier alpha value is -2.34. The largest absolute Gasteiger partial charge is 0.433 e. The minimum atomic E-state index is -4.48. The first kappa shape index (κ1) is 16.0. The molecule has 0 aliphatic rings. The van der Waals surface area contributed by atoms with Crippen molar-refractivity contribution in [3.8, 4) is 16.6 Å². The standard InChI is InChI=1S/C13H11F3N4OS/c1-20-11(13(14,15)16)7-8(19-20)9-3-4-10(22-9)12(21)18-6-2-5-17/h3-4,7H,2,6H2,1H3,(H,18,21). The van der Waals surface area contributed by atoms with Gasteiger partial charge in [0, 0.05) is 13.6 Å². The molecule has 0 radical (unpaired) electrons. The molecule has 0 saturated carbocycles. The van der Waals surface area contributed by atoms with Crippen molar-refractivity contribution in [2.24, 2.45) is 7.05 Å². The molecule has 9 heteroatoms. The molecule has 0 bridgehead atoms. The van der Waals surface area contributed by atoms with Crippen LogP contribution in [-0.4, -0.2) is 22.2 Å². The monoisotopic (exact) mass is 328 g/mol. The van der Waals surface area contributed by atoms with Crippen LogP contribution in [0.15, 0.2) is 18.2 Å². The van der Waals surface area contributed by atoms with E-state index in [-0.39, 0.29) is 24.6 Å². The zero-order chi connectivity index (χ0) is 16.3. The quantitative estimate of drug-likeness (QED) is 0.877. The number of hydrogen-bond acceptors (Lipinski definition) is 4. The zero-order valence-electron chi connectivity index (χ0n) is 11.4. The van der Waals surface area contributed by atoms with Gasteiger partial charge in [0.1, 0.15) is 11.4 Å². The van der Waals surface area contributed by atoms with E-state index in [0.29, 0.717) is 9.75 Å². The number of nitriles is 1. The number of halogens is 3. The van der Waals surface area contributed by atoms with Gasteiger partial charge >= 0.3 is 6.18 Å². The number of thiophene rings is 1. The van der Waals surface area contributed by atoms with E-state index in [1.807, 2.05) is 6.07 Å². The molecular formula is C13H11F3N4OS. The Morgan fingerprint density at radius 2 is 2.23 bits per heavy atom. The first-order valence-electron chi connectivity index (χ1n) is 6.19. The number of carbonyl (C=O) groups excluding carboxylic acids is 1. The second-order valence-corrected chi connectivity index (χ2v) is 5.45. The predicted molar refractivity (Wildman–Crippen MR) is 74.1 cm³/mol. The SMILES string of the molecule is Cn1nc(-c2ccc(C(=O)NCCC#N)s2)cc1C(F)(F)F. The summed E-state index contributed by atoms with van der Waals surface area (Å²) in [7, 11) is 1.22. The highest BCUT2D eigenvalue weighted by atomic mass is 32.1. The van der Waals surface area contributed by atoms with Gasteiger partial charge in [-0.1, -0.05) is 0 Å². The van der Waals surface area contributed by atoms with Crippen LogP contribution >= 0.6 is 11.3 Å². The molecule has 22 heavy (non-hydrogen) atoms. The molecule has 1 N–H and O–H groups in total. The summed E-state index contributed by atoms with van der Waals surface area (Å²) in [6.07, 6.45) is -4.28. The Morgan fingerprint density at radius 3 is 2.82 bits per heavy atom. The molecule has 0 aromatic carbocycles. The fraction of sp³-hybridized carbons (Fsp3) is 0.308. The number of alkyl halides is 3. The second-order valence-electron chi connectivity index (χ2n) is 4.36. The maximum atomic E-state index is 12.7. The Kier molecular flexibility index (Phi) is 4.51. The summed E-state index contributed by atoms with van der Waals surface area (Å²) in [5.41, 5.74) is -0.688. The van der Waals surface area contributed by atoms with Gasteiger partial charge in [-0.2, -0.15) is 23.5 Å². The Labute approximate surface area is 128 Å². The molecule has 0 saturated heterocycles. The highest BCUT2D eigenvalue weighted by Crippen LogP contribution is 2.34. The molecule has 1 amide bonds. The minimum absolute atomic E-state index is 0.163. The third-order valence-corrected chi connectivity index (χ3v) is 3.88. The van der Waals surface area contributed by atoms with E-state index in [9.17, 15) is 18.0 Å². The van der Waals surface area contributed by atoms with Gasteiger partial charge < -0.3 is 5.32 Å².